The second-order valence-corrected chi connectivity index (χ2v) is 5.79. The Hall–Kier alpha value is -2.47. The van der Waals surface area contributed by atoms with Crippen LogP contribution in [0.1, 0.15) is 29.8 Å². The number of carbonyl (C=O) groups excluding carboxylic acids is 2. The lowest BCUT2D eigenvalue weighted by atomic mass is 10.1. The van der Waals surface area contributed by atoms with Crippen LogP contribution < -0.4 is 10.7 Å². The first-order valence-electron chi connectivity index (χ1n) is 6.79. The summed E-state index contributed by atoms with van der Waals surface area (Å²) in [7, 11) is 0. The van der Waals surface area contributed by atoms with E-state index in [9.17, 15) is 9.59 Å². The van der Waals surface area contributed by atoms with Crippen molar-refractivity contribution in [2.45, 2.75) is 20.3 Å². The van der Waals surface area contributed by atoms with Gasteiger partial charge in [-0.25, -0.2) is 5.43 Å². The van der Waals surface area contributed by atoms with Crippen LogP contribution in [0.5, 0.6) is 0 Å². The Kier molecular flexibility index (Phi) is 5.43. The number of thiophene rings is 1. The Morgan fingerprint density at radius 3 is 2.55 bits per heavy atom. The Labute approximate surface area is 133 Å². The van der Waals surface area contributed by atoms with Gasteiger partial charge in [-0.3, -0.25) is 9.59 Å². The smallest absolute Gasteiger partial charge is 0.274 e. The van der Waals surface area contributed by atoms with Gasteiger partial charge in [-0.2, -0.15) is 5.10 Å². The van der Waals surface area contributed by atoms with E-state index in [0.717, 1.165) is 11.3 Å². The number of anilines is 1. The van der Waals surface area contributed by atoms with Crippen molar-refractivity contribution in [3.8, 4) is 0 Å². The normalized spacial score (nSPS) is 9.91. The van der Waals surface area contributed by atoms with E-state index in [1.807, 2.05) is 30.3 Å². The summed E-state index contributed by atoms with van der Waals surface area (Å²) < 4.78 is 0. The Balaban J connectivity index is 2.02. The van der Waals surface area contributed by atoms with E-state index in [-0.39, 0.29) is 18.2 Å². The van der Waals surface area contributed by atoms with Gasteiger partial charge in [0.1, 0.15) is 5.00 Å². The SMILES string of the molecule is CC(C)=NNC(=O)c1ccsc1NC(=O)Cc1ccccc1. The molecule has 0 spiro atoms. The minimum atomic E-state index is -0.336. The van der Waals surface area contributed by atoms with Gasteiger partial charge >= 0.3 is 0 Å². The number of hydrogen-bond acceptors (Lipinski definition) is 4. The molecule has 0 unspecified atom stereocenters. The average molecular weight is 315 g/mol. The molecule has 1 heterocycles. The predicted molar refractivity (Wildman–Crippen MR) is 89.3 cm³/mol. The molecule has 1 aromatic heterocycles. The van der Waals surface area contributed by atoms with Gasteiger partial charge in [-0.05, 0) is 30.9 Å². The van der Waals surface area contributed by atoms with Crippen molar-refractivity contribution in [2.75, 3.05) is 5.32 Å². The van der Waals surface area contributed by atoms with Gasteiger partial charge in [0.15, 0.2) is 0 Å². The number of nitrogens with one attached hydrogen (secondary N) is 2. The van der Waals surface area contributed by atoms with Crippen LogP contribution in [0, 0.1) is 0 Å². The maximum Gasteiger partial charge on any atom is 0.274 e. The molecule has 0 atom stereocenters. The largest absolute Gasteiger partial charge is 0.317 e. The zero-order valence-corrected chi connectivity index (χ0v) is 13.2. The average Bonchev–Trinajstić information content (AvgIpc) is 2.93. The Morgan fingerprint density at radius 2 is 1.86 bits per heavy atom. The van der Waals surface area contributed by atoms with Crippen LogP contribution in [-0.2, 0) is 11.2 Å². The minimum Gasteiger partial charge on any atom is -0.317 e. The molecular formula is C16H17N3O2S. The van der Waals surface area contributed by atoms with E-state index in [0.29, 0.717) is 10.6 Å². The van der Waals surface area contributed by atoms with Crippen LogP contribution in [0.3, 0.4) is 0 Å². The molecule has 6 heteroatoms. The van der Waals surface area contributed by atoms with E-state index < -0.39 is 0 Å². The first kappa shape index (κ1) is 15.9. The number of nitrogens with zero attached hydrogens (tertiary/aromatic N) is 1. The summed E-state index contributed by atoms with van der Waals surface area (Å²) in [6.07, 6.45) is 0.270. The van der Waals surface area contributed by atoms with Crippen molar-refractivity contribution < 1.29 is 9.59 Å². The van der Waals surface area contributed by atoms with Crippen molar-refractivity contribution in [3.63, 3.8) is 0 Å². The molecule has 22 heavy (non-hydrogen) atoms. The molecule has 0 aliphatic carbocycles. The summed E-state index contributed by atoms with van der Waals surface area (Å²) in [5.74, 6) is -0.490. The van der Waals surface area contributed by atoms with E-state index in [1.54, 1.807) is 25.3 Å². The van der Waals surface area contributed by atoms with Gasteiger partial charge in [-0.15, -0.1) is 11.3 Å². The summed E-state index contributed by atoms with van der Waals surface area (Å²) in [6, 6.07) is 11.1. The van der Waals surface area contributed by atoms with Crippen LogP contribution in [0.2, 0.25) is 0 Å². The van der Waals surface area contributed by atoms with Crippen LogP contribution in [0.4, 0.5) is 5.00 Å². The van der Waals surface area contributed by atoms with Gasteiger partial charge in [-0.1, -0.05) is 30.3 Å². The lowest BCUT2D eigenvalue weighted by molar-refractivity contribution is -0.115. The zero-order valence-electron chi connectivity index (χ0n) is 12.4. The lowest BCUT2D eigenvalue weighted by Gasteiger charge is -2.06. The molecular weight excluding hydrogens is 298 g/mol. The lowest BCUT2D eigenvalue weighted by Crippen LogP contribution is -2.21. The molecule has 0 saturated heterocycles. The molecule has 0 aliphatic rings. The highest BCUT2D eigenvalue weighted by molar-refractivity contribution is 7.14. The predicted octanol–water partition coefficient (Wildman–Crippen LogP) is 3.05. The number of hydrogen-bond donors (Lipinski definition) is 2. The van der Waals surface area contributed by atoms with Crippen molar-refractivity contribution in [1.82, 2.24) is 5.43 Å². The summed E-state index contributed by atoms with van der Waals surface area (Å²) >= 11 is 1.31. The van der Waals surface area contributed by atoms with Crippen LogP contribution >= 0.6 is 11.3 Å². The van der Waals surface area contributed by atoms with Crippen LogP contribution in [-0.4, -0.2) is 17.5 Å². The van der Waals surface area contributed by atoms with Crippen LogP contribution in [0.15, 0.2) is 46.9 Å². The summed E-state index contributed by atoms with van der Waals surface area (Å²) in [4.78, 5) is 24.1. The first-order chi connectivity index (χ1) is 10.6. The van der Waals surface area contributed by atoms with Gasteiger partial charge in [0.05, 0.1) is 12.0 Å². The third-order valence-electron chi connectivity index (χ3n) is 2.75. The fourth-order valence-corrected chi connectivity index (χ4v) is 2.56. The molecule has 2 amide bonds. The molecule has 0 bridgehead atoms. The van der Waals surface area contributed by atoms with Gasteiger partial charge in [0.25, 0.3) is 5.91 Å². The van der Waals surface area contributed by atoms with Crippen molar-refractivity contribution >= 4 is 33.9 Å². The minimum absolute atomic E-state index is 0.155. The highest BCUT2D eigenvalue weighted by Crippen LogP contribution is 2.23. The molecule has 0 saturated carbocycles. The molecule has 114 valence electrons. The molecule has 0 radical (unpaired) electrons. The van der Waals surface area contributed by atoms with Crippen molar-refractivity contribution in [3.05, 3.63) is 52.9 Å². The Bertz CT molecular complexity index is 688. The number of amides is 2. The quantitative estimate of drug-likeness (QED) is 0.657. The monoisotopic (exact) mass is 315 g/mol. The standard InChI is InChI=1S/C16H17N3O2S/c1-11(2)18-19-15(21)13-8-9-22-16(13)17-14(20)10-12-6-4-3-5-7-12/h3-9H,10H2,1-2H3,(H,17,20)(H,19,21). The molecule has 2 aromatic rings. The number of rotatable bonds is 5. The number of hydrazone groups is 1. The third-order valence-corrected chi connectivity index (χ3v) is 3.58. The van der Waals surface area contributed by atoms with Gasteiger partial charge in [0, 0.05) is 5.71 Å². The van der Waals surface area contributed by atoms with Crippen molar-refractivity contribution in [1.29, 1.82) is 0 Å². The molecule has 1 aromatic carbocycles. The third kappa shape index (κ3) is 4.53. The highest BCUT2D eigenvalue weighted by atomic mass is 32.1. The first-order valence-corrected chi connectivity index (χ1v) is 7.66. The topological polar surface area (TPSA) is 70.6 Å². The summed E-state index contributed by atoms with van der Waals surface area (Å²) in [6.45, 7) is 3.58. The summed E-state index contributed by atoms with van der Waals surface area (Å²) in [5.41, 5.74) is 4.54. The molecule has 2 rings (SSSR count). The van der Waals surface area contributed by atoms with E-state index in [1.165, 1.54) is 11.3 Å². The van der Waals surface area contributed by atoms with E-state index >= 15 is 0 Å². The van der Waals surface area contributed by atoms with Gasteiger partial charge in [0.2, 0.25) is 5.91 Å². The second-order valence-electron chi connectivity index (χ2n) is 4.87. The Morgan fingerprint density at radius 1 is 1.14 bits per heavy atom. The van der Waals surface area contributed by atoms with E-state index in [2.05, 4.69) is 15.8 Å². The van der Waals surface area contributed by atoms with Crippen molar-refractivity contribution in [2.24, 2.45) is 5.10 Å². The summed E-state index contributed by atoms with van der Waals surface area (Å²) in [5, 5.41) is 8.94. The fraction of sp³-hybridized carbons (Fsp3) is 0.188. The van der Waals surface area contributed by atoms with E-state index in [4.69, 9.17) is 0 Å². The number of benzene rings is 1. The molecule has 2 N–H and O–H groups in total. The molecule has 5 nitrogen and oxygen atoms in total. The zero-order chi connectivity index (χ0) is 15.9. The second kappa shape index (κ2) is 7.51. The maximum atomic E-state index is 12.1. The highest BCUT2D eigenvalue weighted by Gasteiger charge is 2.14. The molecule has 0 aliphatic heterocycles. The fourth-order valence-electron chi connectivity index (χ4n) is 1.76. The molecule has 0 fully saturated rings. The van der Waals surface area contributed by atoms with Crippen LogP contribution in [0.25, 0.3) is 0 Å². The van der Waals surface area contributed by atoms with Gasteiger partial charge < -0.3 is 5.32 Å². The maximum absolute atomic E-state index is 12.1. The number of carbonyl (C=O) groups is 2.